The maximum atomic E-state index is 13.6. The predicted octanol–water partition coefficient (Wildman–Crippen LogP) is 9.18. The molecule has 0 radical (unpaired) electrons. The number of hydrogen-bond donors (Lipinski definition) is 3. The Labute approximate surface area is 306 Å². The van der Waals surface area contributed by atoms with Crippen molar-refractivity contribution < 1.29 is 23.9 Å². The zero-order chi connectivity index (χ0) is 36.0. The van der Waals surface area contributed by atoms with Gasteiger partial charge in [0.1, 0.15) is 10.9 Å². The molecule has 10 heteroatoms. The molecule has 1 atom stereocenters. The van der Waals surface area contributed by atoms with E-state index in [4.69, 9.17) is 16.3 Å². The number of thioether (sulfide) groups is 1. The highest BCUT2D eigenvalue weighted by atomic mass is 35.5. The second-order valence-electron chi connectivity index (χ2n) is 11.4. The molecule has 0 aliphatic heterocycles. The Kier molecular flexibility index (Phi) is 13.2. The molecule has 5 aromatic rings. The summed E-state index contributed by atoms with van der Waals surface area (Å²) in [5, 5.41) is 8.49. The minimum absolute atomic E-state index is 0.0480. The molecule has 0 fully saturated rings. The van der Waals surface area contributed by atoms with E-state index in [0.717, 1.165) is 23.3 Å². The standard InChI is InChI=1S/C41H36ClN3O5S/c1-2-3-26-50-41(49)31-16-20-33(21-17-31)44-40(48)37(29-10-6-4-7-11-29)51-35-24-22-34(23-25-35)43-39(47)36(27-28-14-18-32(42)19-15-28)45-38(46)30-12-8-5-9-13-30/h4-25,27,37H,2-3,26H2,1H3,(H,43,47)(H,44,48)(H,45,46)/b36-27-. The molecule has 5 aromatic carbocycles. The minimum Gasteiger partial charge on any atom is -0.462 e. The summed E-state index contributed by atoms with van der Waals surface area (Å²) in [6.07, 6.45) is 3.31. The van der Waals surface area contributed by atoms with Crippen LogP contribution in [-0.2, 0) is 14.3 Å². The smallest absolute Gasteiger partial charge is 0.338 e. The summed E-state index contributed by atoms with van der Waals surface area (Å²) in [5.74, 6) is -1.59. The number of nitrogens with one attached hydrogen (secondary N) is 3. The third-order valence-corrected chi connectivity index (χ3v) is 9.05. The van der Waals surface area contributed by atoms with Crippen LogP contribution >= 0.6 is 23.4 Å². The summed E-state index contributed by atoms with van der Waals surface area (Å²) in [7, 11) is 0. The topological polar surface area (TPSA) is 114 Å². The first-order valence-electron chi connectivity index (χ1n) is 16.3. The lowest BCUT2D eigenvalue weighted by molar-refractivity contribution is -0.116. The van der Waals surface area contributed by atoms with E-state index in [9.17, 15) is 19.2 Å². The number of halogens is 1. The number of esters is 1. The normalized spacial score (nSPS) is 11.6. The van der Waals surface area contributed by atoms with Crippen LogP contribution in [0.2, 0.25) is 5.02 Å². The van der Waals surface area contributed by atoms with Crippen LogP contribution in [0.25, 0.3) is 6.08 Å². The molecule has 0 heterocycles. The first-order valence-corrected chi connectivity index (χ1v) is 17.6. The Morgan fingerprint density at radius 3 is 1.98 bits per heavy atom. The van der Waals surface area contributed by atoms with Crippen LogP contribution in [0.4, 0.5) is 11.4 Å². The summed E-state index contributed by atoms with van der Waals surface area (Å²) in [4.78, 5) is 53.1. The summed E-state index contributed by atoms with van der Waals surface area (Å²) < 4.78 is 5.28. The fourth-order valence-corrected chi connectivity index (χ4v) is 5.96. The van der Waals surface area contributed by atoms with Crippen molar-refractivity contribution in [2.75, 3.05) is 17.2 Å². The van der Waals surface area contributed by atoms with Crippen LogP contribution < -0.4 is 16.0 Å². The van der Waals surface area contributed by atoms with Crippen LogP contribution in [0.15, 0.2) is 144 Å². The van der Waals surface area contributed by atoms with Gasteiger partial charge >= 0.3 is 5.97 Å². The lowest BCUT2D eigenvalue weighted by Crippen LogP contribution is -2.30. The molecule has 0 aromatic heterocycles. The van der Waals surface area contributed by atoms with E-state index in [2.05, 4.69) is 16.0 Å². The van der Waals surface area contributed by atoms with Crippen LogP contribution in [0.1, 0.15) is 56.9 Å². The highest BCUT2D eigenvalue weighted by Crippen LogP contribution is 2.37. The molecule has 0 saturated heterocycles. The Balaban J connectivity index is 1.28. The van der Waals surface area contributed by atoms with Crippen LogP contribution in [-0.4, -0.2) is 30.3 Å². The van der Waals surface area contributed by atoms with Crippen molar-refractivity contribution in [1.82, 2.24) is 5.32 Å². The van der Waals surface area contributed by atoms with Gasteiger partial charge in [-0.05, 0) is 96.4 Å². The third-order valence-electron chi connectivity index (χ3n) is 7.54. The molecule has 0 aliphatic carbocycles. The highest BCUT2D eigenvalue weighted by Gasteiger charge is 2.23. The van der Waals surface area contributed by atoms with Gasteiger partial charge in [0.2, 0.25) is 5.91 Å². The number of rotatable bonds is 14. The molecule has 5 rings (SSSR count). The molecule has 8 nitrogen and oxygen atoms in total. The number of carbonyl (C=O) groups is 4. The first kappa shape index (κ1) is 36.6. The maximum Gasteiger partial charge on any atom is 0.338 e. The Morgan fingerprint density at radius 2 is 1.33 bits per heavy atom. The van der Waals surface area contributed by atoms with E-state index in [0.29, 0.717) is 39.7 Å². The van der Waals surface area contributed by atoms with Crippen LogP contribution in [0.3, 0.4) is 0 Å². The Morgan fingerprint density at radius 1 is 0.725 bits per heavy atom. The van der Waals surface area contributed by atoms with Gasteiger partial charge in [0.25, 0.3) is 11.8 Å². The molecule has 258 valence electrons. The summed E-state index contributed by atoms with van der Waals surface area (Å²) in [6.45, 7) is 2.39. The minimum atomic E-state index is -0.604. The fourth-order valence-electron chi connectivity index (χ4n) is 4.81. The van der Waals surface area contributed by atoms with E-state index in [1.54, 1.807) is 97.1 Å². The van der Waals surface area contributed by atoms with Gasteiger partial charge < -0.3 is 20.7 Å². The molecule has 0 bridgehead atoms. The summed E-state index contributed by atoms with van der Waals surface area (Å²) >= 11 is 7.39. The predicted molar refractivity (Wildman–Crippen MR) is 204 cm³/mol. The van der Waals surface area contributed by atoms with Crippen molar-refractivity contribution in [3.05, 3.63) is 166 Å². The number of anilines is 2. The highest BCUT2D eigenvalue weighted by molar-refractivity contribution is 8.00. The van der Waals surface area contributed by atoms with Crippen molar-refractivity contribution in [2.45, 2.75) is 29.9 Å². The van der Waals surface area contributed by atoms with Crippen LogP contribution in [0.5, 0.6) is 0 Å². The summed E-state index contributed by atoms with van der Waals surface area (Å²) in [5.41, 5.74) is 3.39. The van der Waals surface area contributed by atoms with Crippen molar-refractivity contribution in [3.8, 4) is 0 Å². The van der Waals surface area contributed by atoms with E-state index in [1.165, 1.54) is 11.8 Å². The quantitative estimate of drug-likeness (QED) is 0.0457. The van der Waals surface area contributed by atoms with E-state index in [-0.39, 0.29) is 11.6 Å². The SMILES string of the molecule is CCCCOC(=O)c1ccc(NC(=O)C(Sc2ccc(NC(=O)/C(=C/c3ccc(Cl)cc3)NC(=O)c3ccccc3)cc2)c2ccccc2)cc1. The van der Waals surface area contributed by atoms with Gasteiger partial charge in [-0.2, -0.15) is 0 Å². The molecular weight excluding hydrogens is 682 g/mol. The van der Waals surface area contributed by atoms with E-state index in [1.807, 2.05) is 49.4 Å². The number of amides is 3. The second kappa shape index (κ2) is 18.4. The van der Waals surface area contributed by atoms with Gasteiger partial charge in [-0.15, -0.1) is 11.8 Å². The summed E-state index contributed by atoms with van der Waals surface area (Å²) in [6, 6.07) is 38.6. The molecule has 51 heavy (non-hydrogen) atoms. The van der Waals surface area contributed by atoms with Crippen LogP contribution in [0, 0.1) is 0 Å². The van der Waals surface area contributed by atoms with Gasteiger partial charge in [-0.25, -0.2) is 4.79 Å². The van der Waals surface area contributed by atoms with Gasteiger partial charge in [-0.1, -0.05) is 85.6 Å². The largest absolute Gasteiger partial charge is 0.462 e. The zero-order valence-corrected chi connectivity index (χ0v) is 29.4. The van der Waals surface area contributed by atoms with Crippen molar-refractivity contribution in [2.24, 2.45) is 0 Å². The number of unbranched alkanes of at least 4 members (excludes halogenated alkanes) is 1. The second-order valence-corrected chi connectivity index (χ2v) is 13.0. The molecule has 0 saturated carbocycles. The molecular formula is C41H36ClN3O5S. The van der Waals surface area contributed by atoms with Crippen molar-refractivity contribution in [3.63, 3.8) is 0 Å². The van der Waals surface area contributed by atoms with Gasteiger partial charge in [0.15, 0.2) is 0 Å². The van der Waals surface area contributed by atoms with Crippen molar-refractivity contribution >= 4 is 64.5 Å². The number of ether oxygens (including phenoxy) is 1. The number of benzene rings is 5. The number of carbonyl (C=O) groups excluding carboxylic acids is 4. The average Bonchev–Trinajstić information content (AvgIpc) is 3.16. The lowest BCUT2D eigenvalue weighted by atomic mass is 10.1. The molecule has 0 aliphatic rings. The maximum absolute atomic E-state index is 13.6. The first-order chi connectivity index (χ1) is 24.8. The average molecular weight is 718 g/mol. The monoisotopic (exact) mass is 717 g/mol. The van der Waals surface area contributed by atoms with Gasteiger partial charge in [0.05, 0.1) is 12.2 Å². The molecule has 1 unspecified atom stereocenters. The Hall–Kier alpha value is -5.64. The van der Waals surface area contributed by atoms with Crippen molar-refractivity contribution in [1.29, 1.82) is 0 Å². The lowest BCUT2D eigenvalue weighted by Gasteiger charge is -2.18. The van der Waals surface area contributed by atoms with Gasteiger partial charge in [-0.3, -0.25) is 14.4 Å². The zero-order valence-electron chi connectivity index (χ0n) is 27.8. The Bertz CT molecular complexity index is 1970. The van der Waals surface area contributed by atoms with Gasteiger partial charge in [0, 0.05) is 26.9 Å². The molecule has 3 N–H and O–H groups in total. The fraction of sp³-hybridized carbons (Fsp3) is 0.122. The number of hydrogen-bond acceptors (Lipinski definition) is 6. The molecule has 3 amide bonds. The van der Waals surface area contributed by atoms with E-state index < -0.39 is 23.0 Å². The molecule has 0 spiro atoms. The van der Waals surface area contributed by atoms with E-state index >= 15 is 0 Å². The third kappa shape index (κ3) is 10.9.